The van der Waals surface area contributed by atoms with Crippen LogP contribution in [-0.4, -0.2) is 64.9 Å². The quantitative estimate of drug-likeness (QED) is 0.842. The molecule has 0 aliphatic carbocycles. The standard InChI is InChI=1S/C19H23N5O/c25-19(24-8-5-16-3-1-2-4-17(16)14-24)15-22-9-11-23(12-10-22)18-13-20-6-7-21-18/h1-4,6-7,13H,5,8-12,14-15H2. The van der Waals surface area contributed by atoms with Crippen molar-refractivity contribution in [1.29, 1.82) is 0 Å². The highest BCUT2D eigenvalue weighted by molar-refractivity contribution is 5.78. The largest absolute Gasteiger partial charge is 0.353 e. The molecular formula is C19H23N5O. The molecule has 0 radical (unpaired) electrons. The molecule has 0 saturated carbocycles. The van der Waals surface area contributed by atoms with E-state index in [1.165, 1.54) is 11.1 Å². The molecule has 0 bridgehead atoms. The molecule has 2 aliphatic rings. The number of carbonyl (C=O) groups is 1. The van der Waals surface area contributed by atoms with E-state index in [1.807, 2.05) is 4.90 Å². The van der Waals surface area contributed by atoms with E-state index in [-0.39, 0.29) is 5.91 Å². The third kappa shape index (κ3) is 3.64. The van der Waals surface area contributed by atoms with Crippen LogP contribution in [0.5, 0.6) is 0 Å². The first kappa shape index (κ1) is 16.0. The number of benzene rings is 1. The number of hydrogen-bond acceptors (Lipinski definition) is 5. The molecular weight excluding hydrogens is 314 g/mol. The molecule has 0 unspecified atom stereocenters. The van der Waals surface area contributed by atoms with Crippen LogP contribution in [0.4, 0.5) is 5.82 Å². The summed E-state index contributed by atoms with van der Waals surface area (Å²) in [7, 11) is 0. The van der Waals surface area contributed by atoms with Gasteiger partial charge in [0.15, 0.2) is 0 Å². The van der Waals surface area contributed by atoms with E-state index < -0.39 is 0 Å². The van der Waals surface area contributed by atoms with Crippen molar-refractivity contribution < 1.29 is 4.79 Å². The predicted octanol–water partition coefficient (Wildman–Crippen LogP) is 1.18. The number of fused-ring (bicyclic) bond motifs is 1. The Labute approximate surface area is 148 Å². The van der Waals surface area contributed by atoms with Gasteiger partial charge >= 0.3 is 0 Å². The number of anilines is 1. The molecule has 0 spiro atoms. The lowest BCUT2D eigenvalue weighted by Gasteiger charge is -2.36. The van der Waals surface area contributed by atoms with Crippen molar-refractivity contribution in [2.75, 3.05) is 44.2 Å². The second kappa shape index (κ2) is 7.19. The topological polar surface area (TPSA) is 52.6 Å². The molecule has 2 aromatic rings. The van der Waals surface area contributed by atoms with E-state index in [4.69, 9.17) is 0 Å². The molecule has 0 N–H and O–H groups in total. The van der Waals surface area contributed by atoms with E-state index in [9.17, 15) is 4.79 Å². The fraction of sp³-hybridized carbons (Fsp3) is 0.421. The summed E-state index contributed by atoms with van der Waals surface area (Å²) in [6.07, 6.45) is 6.17. The van der Waals surface area contributed by atoms with Crippen molar-refractivity contribution in [3.05, 3.63) is 54.0 Å². The first-order valence-electron chi connectivity index (χ1n) is 8.87. The molecule has 1 aromatic carbocycles. The third-order valence-corrected chi connectivity index (χ3v) is 5.09. The van der Waals surface area contributed by atoms with Gasteiger partial charge in [-0.1, -0.05) is 24.3 Å². The Morgan fingerprint density at radius 3 is 2.56 bits per heavy atom. The van der Waals surface area contributed by atoms with Crippen LogP contribution in [0.2, 0.25) is 0 Å². The fourth-order valence-corrected chi connectivity index (χ4v) is 3.59. The van der Waals surface area contributed by atoms with Gasteiger partial charge in [0, 0.05) is 51.7 Å². The van der Waals surface area contributed by atoms with Crippen molar-refractivity contribution >= 4 is 11.7 Å². The highest BCUT2D eigenvalue weighted by Crippen LogP contribution is 2.19. The minimum Gasteiger partial charge on any atom is -0.353 e. The molecule has 1 saturated heterocycles. The van der Waals surface area contributed by atoms with Crippen LogP contribution in [0.1, 0.15) is 11.1 Å². The number of hydrogen-bond donors (Lipinski definition) is 0. The lowest BCUT2D eigenvalue weighted by atomic mass is 10.00. The summed E-state index contributed by atoms with van der Waals surface area (Å²) in [5, 5.41) is 0. The zero-order chi connectivity index (χ0) is 17.1. The highest BCUT2D eigenvalue weighted by atomic mass is 16.2. The second-order valence-electron chi connectivity index (χ2n) is 6.66. The highest BCUT2D eigenvalue weighted by Gasteiger charge is 2.24. The lowest BCUT2D eigenvalue weighted by molar-refractivity contribution is -0.133. The molecule has 1 amide bonds. The van der Waals surface area contributed by atoms with Gasteiger partial charge in [-0.05, 0) is 17.5 Å². The van der Waals surface area contributed by atoms with Crippen LogP contribution in [0.25, 0.3) is 0 Å². The zero-order valence-corrected chi connectivity index (χ0v) is 14.3. The van der Waals surface area contributed by atoms with Gasteiger partial charge in [0.25, 0.3) is 0 Å². The third-order valence-electron chi connectivity index (χ3n) is 5.09. The second-order valence-corrected chi connectivity index (χ2v) is 6.66. The molecule has 0 atom stereocenters. The van der Waals surface area contributed by atoms with Crippen molar-refractivity contribution in [2.45, 2.75) is 13.0 Å². The molecule has 2 aliphatic heterocycles. The number of aromatic nitrogens is 2. The van der Waals surface area contributed by atoms with E-state index in [0.717, 1.165) is 51.5 Å². The Bertz CT molecular complexity index is 728. The van der Waals surface area contributed by atoms with Crippen LogP contribution in [0.3, 0.4) is 0 Å². The van der Waals surface area contributed by atoms with Crippen molar-refractivity contribution in [1.82, 2.24) is 19.8 Å². The van der Waals surface area contributed by atoms with Crippen LogP contribution in [-0.2, 0) is 17.8 Å². The number of nitrogens with zero attached hydrogens (tertiary/aromatic N) is 5. The maximum absolute atomic E-state index is 12.7. The minimum absolute atomic E-state index is 0.238. The van der Waals surface area contributed by atoms with E-state index in [0.29, 0.717) is 6.54 Å². The van der Waals surface area contributed by atoms with Gasteiger partial charge in [0.2, 0.25) is 5.91 Å². The maximum Gasteiger partial charge on any atom is 0.237 e. The van der Waals surface area contributed by atoms with Crippen LogP contribution < -0.4 is 4.90 Å². The number of amides is 1. The van der Waals surface area contributed by atoms with Crippen molar-refractivity contribution in [3.63, 3.8) is 0 Å². The van der Waals surface area contributed by atoms with Gasteiger partial charge in [0.05, 0.1) is 12.7 Å². The molecule has 3 heterocycles. The Balaban J connectivity index is 1.30. The molecule has 6 nitrogen and oxygen atoms in total. The number of rotatable bonds is 3. The molecule has 25 heavy (non-hydrogen) atoms. The fourth-order valence-electron chi connectivity index (χ4n) is 3.59. The number of piperazine rings is 1. The smallest absolute Gasteiger partial charge is 0.237 e. The average molecular weight is 337 g/mol. The van der Waals surface area contributed by atoms with Gasteiger partial charge in [-0.25, -0.2) is 4.98 Å². The Morgan fingerprint density at radius 2 is 1.80 bits per heavy atom. The normalized spacial score (nSPS) is 18.1. The minimum atomic E-state index is 0.238. The van der Waals surface area contributed by atoms with E-state index in [2.05, 4.69) is 44.0 Å². The maximum atomic E-state index is 12.7. The average Bonchev–Trinajstić information content (AvgIpc) is 2.69. The van der Waals surface area contributed by atoms with Crippen LogP contribution >= 0.6 is 0 Å². The Kier molecular flexibility index (Phi) is 4.61. The molecule has 130 valence electrons. The van der Waals surface area contributed by atoms with Crippen LogP contribution in [0.15, 0.2) is 42.9 Å². The van der Waals surface area contributed by atoms with Crippen LogP contribution in [0, 0.1) is 0 Å². The SMILES string of the molecule is O=C(CN1CCN(c2cnccn2)CC1)N1CCc2ccccc2C1. The molecule has 4 rings (SSSR count). The monoisotopic (exact) mass is 337 g/mol. The summed E-state index contributed by atoms with van der Waals surface area (Å²) in [6.45, 7) is 5.61. The van der Waals surface area contributed by atoms with Crippen molar-refractivity contribution in [3.8, 4) is 0 Å². The summed E-state index contributed by atoms with van der Waals surface area (Å²) < 4.78 is 0. The van der Waals surface area contributed by atoms with E-state index in [1.54, 1.807) is 18.6 Å². The Hall–Kier alpha value is -2.47. The summed E-state index contributed by atoms with van der Waals surface area (Å²) >= 11 is 0. The summed E-state index contributed by atoms with van der Waals surface area (Å²) in [4.78, 5) is 27.6. The molecule has 6 heteroatoms. The van der Waals surface area contributed by atoms with Gasteiger partial charge in [-0.3, -0.25) is 14.7 Å². The molecule has 1 fully saturated rings. The van der Waals surface area contributed by atoms with Gasteiger partial charge in [-0.2, -0.15) is 0 Å². The summed E-state index contributed by atoms with van der Waals surface area (Å²) in [6, 6.07) is 8.43. The van der Waals surface area contributed by atoms with Crippen molar-refractivity contribution in [2.24, 2.45) is 0 Å². The van der Waals surface area contributed by atoms with Gasteiger partial charge < -0.3 is 9.80 Å². The zero-order valence-electron chi connectivity index (χ0n) is 14.3. The van der Waals surface area contributed by atoms with E-state index >= 15 is 0 Å². The van der Waals surface area contributed by atoms with Gasteiger partial charge in [-0.15, -0.1) is 0 Å². The lowest BCUT2D eigenvalue weighted by Crippen LogP contribution is -2.50. The molecule has 1 aromatic heterocycles. The number of carbonyl (C=O) groups excluding carboxylic acids is 1. The Morgan fingerprint density at radius 1 is 1.00 bits per heavy atom. The summed E-state index contributed by atoms with van der Waals surface area (Å²) in [5.41, 5.74) is 2.67. The predicted molar refractivity (Wildman–Crippen MR) is 96.2 cm³/mol. The first-order chi connectivity index (χ1) is 12.3. The summed E-state index contributed by atoms with van der Waals surface area (Å²) in [5.74, 6) is 1.16. The first-order valence-corrected chi connectivity index (χ1v) is 8.87. The van der Waals surface area contributed by atoms with Gasteiger partial charge in [0.1, 0.15) is 5.82 Å².